The van der Waals surface area contributed by atoms with Gasteiger partial charge in [-0.15, -0.1) is 0 Å². The van der Waals surface area contributed by atoms with Gasteiger partial charge >= 0.3 is 0 Å². The standard InChI is InChI=1S/C16H27NO4/c1-12(2)10-20-7-8-21-11-15(17)14-6-5-13(18-3)9-16(14)19-4/h5-6,9,12,15H,7-8,10-11,17H2,1-4H3. The van der Waals surface area contributed by atoms with Gasteiger partial charge in [0.05, 0.1) is 40.1 Å². The summed E-state index contributed by atoms with van der Waals surface area (Å²) in [6.07, 6.45) is 0. The fraction of sp³-hybridized carbons (Fsp3) is 0.625. The van der Waals surface area contributed by atoms with Crippen molar-refractivity contribution in [2.45, 2.75) is 19.9 Å². The lowest BCUT2D eigenvalue weighted by atomic mass is 10.1. The summed E-state index contributed by atoms with van der Waals surface area (Å²) < 4.78 is 21.5. The molecule has 5 heteroatoms. The molecule has 2 N–H and O–H groups in total. The van der Waals surface area contributed by atoms with Crippen molar-refractivity contribution < 1.29 is 18.9 Å². The third-order valence-electron chi connectivity index (χ3n) is 2.96. The highest BCUT2D eigenvalue weighted by Crippen LogP contribution is 2.28. The van der Waals surface area contributed by atoms with Crippen LogP contribution in [0.2, 0.25) is 0 Å². The molecule has 0 aliphatic heterocycles. The molecule has 0 saturated heterocycles. The van der Waals surface area contributed by atoms with Crippen LogP contribution in [0.15, 0.2) is 18.2 Å². The van der Waals surface area contributed by atoms with Crippen LogP contribution in [-0.2, 0) is 9.47 Å². The van der Waals surface area contributed by atoms with Gasteiger partial charge in [-0.25, -0.2) is 0 Å². The number of nitrogens with two attached hydrogens (primary N) is 1. The van der Waals surface area contributed by atoms with Gasteiger partial charge in [-0.1, -0.05) is 13.8 Å². The molecule has 0 saturated carbocycles. The van der Waals surface area contributed by atoms with Crippen LogP contribution in [0.4, 0.5) is 0 Å². The first-order valence-corrected chi connectivity index (χ1v) is 7.21. The third-order valence-corrected chi connectivity index (χ3v) is 2.96. The summed E-state index contributed by atoms with van der Waals surface area (Å²) in [6, 6.07) is 5.35. The van der Waals surface area contributed by atoms with Crippen molar-refractivity contribution in [3.05, 3.63) is 23.8 Å². The maximum absolute atomic E-state index is 6.14. The summed E-state index contributed by atoms with van der Waals surface area (Å²) >= 11 is 0. The van der Waals surface area contributed by atoms with Crippen molar-refractivity contribution in [2.24, 2.45) is 11.7 Å². The molecule has 0 spiro atoms. The lowest BCUT2D eigenvalue weighted by Crippen LogP contribution is -2.19. The summed E-state index contributed by atoms with van der Waals surface area (Å²) in [5.74, 6) is 1.99. The van der Waals surface area contributed by atoms with E-state index in [0.29, 0.717) is 31.5 Å². The Labute approximate surface area is 127 Å². The molecule has 0 aliphatic carbocycles. The van der Waals surface area contributed by atoms with Crippen molar-refractivity contribution in [1.82, 2.24) is 0 Å². The molecule has 0 aliphatic rings. The normalized spacial score (nSPS) is 12.5. The molecule has 0 fully saturated rings. The maximum Gasteiger partial charge on any atom is 0.127 e. The quantitative estimate of drug-likeness (QED) is 0.672. The number of hydrogen-bond donors (Lipinski definition) is 1. The Balaban J connectivity index is 2.39. The molecule has 1 rings (SSSR count). The highest BCUT2D eigenvalue weighted by molar-refractivity contribution is 5.42. The van der Waals surface area contributed by atoms with Crippen LogP contribution < -0.4 is 15.2 Å². The van der Waals surface area contributed by atoms with Crippen molar-refractivity contribution in [3.63, 3.8) is 0 Å². The van der Waals surface area contributed by atoms with Gasteiger partial charge in [0.1, 0.15) is 11.5 Å². The van der Waals surface area contributed by atoms with Gasteiger partial charge in [-0.05, 0) is 18.1 Å². The highest BCUT2D eigenvalue weighted by atomic mass is 16.5. The molecule has 0 radical (unpaired) electrons. The van der Waals surface area contributed by atoms with Gasteiger partial charge in [0.25, 0.3) is 0 Å². The van der Waals surface area contributed by atoms with Gasteiger partial charge in [-0.2, -0.15) is 0 Å². The average Bonchev–Trinajstić information content (AvgIpc) is 2.49. The first-order valence-electron chi connectivity index (χ1n) is 7.21. The van der Waals surface area contributed by atoms with E-state index in [1.165, 1.54) is 0 Å². The minimum atomic E-state index is -0.240. The molecule has 0 heterocycles. The number of hydrogen-bond acceptors (Lipinski definition) is 5. The Morgan fingerprint density at radius 3 is 2.24 bits per heavy atom. The summed E-state index contributed by atoms with van der Waals surface area (Å²) in [7, 11) is 3.24. The summed E-state index contributed by atoms with van der Waals surface area (Å²) in [5.41, 5.74) is 7.04. The fourth-order valence-corrected chi connectivity index (χ4v) is 1.86. The number of benzene rings is 1. The average molecular weight is 297 g/mol. The molecule has 21 heavy (non-hydrogen) atoms. The summed E-state index contributed by atoms with van der Waals surface area (Å²) in [4.78, 5) is 0. The largest absolute Gasteiger partial charge is 0.497 e. The molecule has 0 amide bonds. The number of rotatable bonds is 10. The number of methoxy groups -OCH3 is 2. The number of ether oxygens (including phenoxy) is 4. The molecule has 1 aromatic rings. The van der Waals surface area contributed by atoms with E-state index in [4.69, 9.17) is 24.7 Å². The van der Waals surface area contributed by atoms with Crippen LogP contribution in [0.1, 0.15) is 25.5 Å². The smallest absolute Gasteiger partial charge is 0.127 e. The zero-order valence-corrected chi connectivity index (χ0v) is 13.4. The minimum Gasteiger partial charge on any atom is -0.497 e. The minimum absolute atomic E-state index is 0.240. The molecule has 0 bridgehead atoms. The lowest BCUT2D eigenvalue weighted by molar-refractivity contribution is 0.0332. The van der Waals surface area contributed by atoms with Crippen molar-refractivity contribution in [1.29, 1.82) is 0 Å². The van der Waals surface area contributed by atoms with E-state index in [1.54, 1.807) is 14.2 Å². The second kappa shape index (κ2) is 9.60. The molecule has 0 aromatic heterocycles. The van der Waals surface area contributed by atoms with Gasteiger partial charge in [0.15, 0.2) is 0 Å². The molecule has 1 aromatic carbocycles. The first kappa shape index (κ1) is 17.8. The highest BCUT2D eigenvalue weighted by Gasteiger charge is 2.13. The first-order chi connectivity index (χ1) is 10.1. The summed E-state index contributed by atoms with van der Waals surface area (Å²) in [5, 5.41) is 0. The van der Waals surface area contributed by atoms with Crippen LogP contribution in [0.3, 0.4) is 0 Å². The molecule has 120 valence electrons. The molecule has 1 atom stereocenters. The van der Waals surface area contributed by atoms with Gasteiger partial charge in [0.2, 0.25) is 0 Å². The molecule has 5 nitrogen and oxygen atoms in total. The van der Waals surface area contributed by atoms with E-state index < -0.39 is 0 Å². The molecule has 1 unspecified atom stereocenters. The third kappa shape index (κ3) is 6.33. The van der Waals surface area contributed by atoms with Gasteiger partial charge in [0, 0.05) is 18.2 Å². The molecular formula is C16H27NO4. The Kier molecular flexibility index (Phi) is 8.12. The second-order valence-corrected chi connectivity index (χ2v) is 5.26. The zero-order valence-electron chi connectivity index (χ0n) is 13.4. The SMILES string of the molecule is COc1ccc(C(N)COCCOCC(C)C)c(OC)c1. The Bertz CT molecular complexity index is 409. The predicted octanol–water partition coefficient (Wildman–Crippen LogP) is 2.39. The van der Waals surface area contributed by atoms with Gasteiger partial charge in [-0.3, -0.25) is 0 Å². The van der Waals surface area contributed by atoms with Crippen LogP contribution in [-0.4, -0.2) is 40.6 Å². The van der Waals surface area contributed by atoms with E-state index >= 15 is 0 Å². The van der Waals surface area contributed by atoms with Crippen LogP contribution in [0.25, 0.3) is 0 Å². The van der Waals surface area contributed by atoms with Crippen molar-refractivity contribution in [3.8, 4) is 11.5 Å². The van der Waals surface area contributed by atoms with E-state index in [1.807, 2.05) is 18.2 Å². The topological polar surface area (TPSA) is 62.9 Å². The Morgan fingerprint density at radius 1 is 1.00 bits per heavy atom. The fourth-order valence-electron chi connectivity index (χ4n) is 1.86. The Morgan fingerprint density at radius 2 is 1.67 bits per heavy atom. The van der Waals surface area contributed by atoms with Crippen molar-refractivity contribution in [2.75, 3.05) is 40.6 Å². The van der Waals surface area contributed by atoms with E-state index in [9.17, 15) is 0 Å². The predicted molar refractivity (Wildman–Crippen MR) is 83.0 cm³/mol. The maximum atomic E-state index is 6.14. The second-order valence-electron chi connectivity index (χ2n) is 5.26. The van der Waals surface area contributed by atoms with E-state index in [-0.39, 0.29) is 6.04 Å². The van der Waals surface area contributed by atoms with Crippen LogP contribution in [0, 0.1) is 5.92 Å². The van der Waals surface area contributed by atoms with E-state index in [0.717, 1.165) is 17.9 Å². The Hall–Kier alpha value is -1.30. The van der Waals surface area contributed by atoms with Crippen LogP contribution >= 0.6 is 0 Å². The van der Waals surface area contributed by atoms with Crippen LogP contribution in [0.5, 0.6) is 11.5 Å². The monoisotopic (exact) mass is 297 g/mol. The summed E-state index contributed by atoms with van der Waals surface area (Å²) in [6.45, 7) is 6.54. The van der Waals surface area contributed by atoms with E-state index in [2.05, 4.69) is 13.8 Å². The zero-order chi connectivity index (χ0) is 15.7. The molecular weight excluding hydrogens is 270 g/mol. The lowest BCUT2D eigenvalue weighted by Gasteiger charge is -2.17. The van der Waals surface area contributed by atoms with Crippen molar-refractivity contribution >= 4 is 0 Å². The van der Waals surface area contributed by atoms with Gasteiger partial charge < -0.3 is 24.7 Å².